The van der Waals surface area contributed by atoms with Crippen molar-refractivity contribution in [2.45, 2.75) is 12.5 Å². The molecule has 19 heavy (non-hydrogen) atoms. The van der Waals surface area contributed by atoms with Crippen molar-refractivity contribution in [2.24, 2.45) is 0 Å². The lowest BCUT2D eigenvalue weighted by molar-refractivity contribution is 0.0102. The zero-order valence-corrected chi connectivity index (χ0v) is 10.6. The molecule has 1 N–H and O–H groups in total. The summed E-state index contributed by atoms with van der Waals surface area (Å²) < 4.78 is 11.5. The summed E-state index contributed by atoms with van der Waals surface area (Å²) in [4.78, 5) is 0. The van der Waals surface area contributed by atoms with Crippen LogP contribution in [0.4, 0.5) is 0 Å². The van der Waals surface area contributed by atoms with Crippen LogP contribution in [0.15, 0.2) is 48.5 Å². The van der Waals surface area contributed by atoms with Crippen LogP contribution in [-0.4, -0.2) is 18.3 Å². The summed E-state index contributed by atoms with van der Waals surface area (Å²) in [6, 6.07) is 15.1. The van der Waals surface area contributed by atoms with Gasteiger partial charge >= 0.3 is 0 Å². The average Bonchev–Trinajstić information content (AvgIpc) is 2.45. The van der Waals surface area contributed by atoms with Gasteiger partial charge in [-0.15, -0.1) is 0 Å². The Bertz CT molecular complexity index is 565. The van der Waals surface area contributed by atoms with Gasteiger partial charge in [0, 0.05) is 6.07 Å². The summed E-state index contributed by atoms with van der Waals surface area (Å²) in [5, 5.41) is 9.40. The molecule has 1 heterocycles. The van der Waals surface area contributed by atoms with Crippen molar-refractivity contribution in [2.75, 3.05) is 13.2 Å². The fraction of sp³-hybridized carbons (Fsp3) is 0.250. The van der Waals surface area contributed by atoms with Crippen molar-refractivity contribution in [1.29, 1.82) is 0 Å². The summed E-state index contributed by atoms with van der Waals surface area (Å²) in [6.45, 7) is 1.19. The maximum absolute atomic E-state index is 9.40. The first-order valence-electron chi connectivity index (χ1n) is 6.44. The second-order valence-corrected chi connectivity index (χ2v) is 4.62. The van der Waals surface area contributed by atoms with Crippen LogP contribution in [0.25, 0.3) is 0 Å². The number of phenols is 1. The molecule has 1 unspecified atom stereocenters. The normalized spacial score (nSPS) is 17.8. The first kappa shape index (κ1) is 12.1. The van der Waals surface area contributed by atoms with Gasteiger partial charge in [-0.3, -0.25) is 0 Å². The predicted octanol–water partition coefficient (Wildman–Crippen LogP) is 3.09. The summed E-state index contributed by atoms with van der Waals surface area (Å²) in [7, 11) is 0. The van der Waals surface area contributed by atoms with Gasteiger partial charge in [-0.1, -0.05) is 30.3 Å². The highest BCUT2D eigenvalue weighted by molar-refractivity contribution is 5.33. The topological polar surface area (TPSA) is 38.7 Å². The second-order valence-electron chi connectivity index (χ2n) is 4.62. The molecule has 1 atom stereocenters. The van der Waals surface area contributed by atoms with E-state index in [0.29, 0.717) is 12.4 Å². The molecule has 1 aliphatic rings. The number of hydrogen-bond donors (Lipinski definition) is 1. The Morgan fingerprint density at radius 1 is 1.16 bits per heavy atom. The van der Waals surface area contributed by atoms with E-state index in [1.54, 1.807) is 18.2 Å². The van der Waals surface area contributed by atoms with Crippen molar-refractivity contribution in [1.82, 2.24) is 0 Å². The molecule has 0 bridgehead atoms. The summed E-state index contributed by atoms with van der Waals surface area (Å²) in [5.74, 6) is 0.870. The Kier molecular flexibility index (Phi) is 3.38. The van der Waals surface area contributed by atoms with Gasteiger partial charge in [-0.05, 0) is 29.7 Å². The zero-order chi connectivity index (χ0) is 13.1. The molecule has 3 nitrogen and oxygen atoms in total. The van der Waals surface area contributed by atoms with E-state index >= 15 is 0 Å². The van der Waals surface area contributed by atoms with E-state index in [0.717, 1.165) is 13.0 Å². The van der Waals surface area contributed by atoms with Crippen molar-refractivity contribution < 1.29 is 14.6 Å². The standard InChI is InChI=1S/C16H16O3/c17-13-5-3-6-14(10-13)19-11-16-15-7-2-1-4-12(15)8-9-18-16/h1-7,10,16-17H,8-9,11H2. The Morgan fingerprint density at radius 2 is 2.05 bits per heavy atom. The van der Waals surface area contributed by atoms with E-state index in [1.807, 2.05) is 12.1 Å². The van der Waals surface area contributed by atoms with Crippen LogP contribution in [0.1, 0.15) is 17.2 Å². The molecule has 0 amide bonds. The van der Waals surface area contributed by atoms with Gasteiger partial charge in [0.2, 0.25) is 0 Å². The molecule has 3 heteroatoms. The third-order valence-electron chi connectivity index (χ3n) is 3.31. The third kappa shape index (κ3) is 2.71. The lowest BCUT2D eigenvalue weighted by atomic mass is 9.98. The number of rotatable bonds is 3. The maximum atomic E-state index is 9.40. The lowest BCUT2D eigenvalue weighted by Crippen LogP contribution is -2.21. The largest absolute Gasteiger partial charge is 0.508 e. The molecule has 2 aromatic carbocycles. The number of fused-ring (bicyclic) bond motifs is 1. The fourth-order valence-electron chi connectivity index (χ4n) is 2.36. The Balaban J connectivity index is 1.71. The smallest absolute Gasteiger partial charge is 0.123 e. The molecule has 0 radical (unpaired) electrons. The number of hydrogen-bond acceptors (Lipinski definition) is 3. The van der Waals surface area contributed by atoms with Crippen LogP contribution in [0.2, 0.25) is 0 Å². The molecule has 0 spiro atoms. The highest BCUT2D eigenvalue weighted by Gasteiger charge is 2.20. The number of aromatic hydroxyl groups is 1. The quantitative estimate of drug-likeness (QED) is 0.917. The third-order valence-corrected chi connectivity index (χ3v) is 3.31. The molecule has 0 saturated carbocycles. The Morgan fingerprint density at radius 3 is 2.95 bits per heavy atom. The number of phenolic OH excluding ortho intramolecular Hbond substituents is 1. The van der Waals surface area contributed by atoms with E-state index in [4.69, 9.17) is 9.47 Å². The highest BCUT2D eigenvalue weighted by atomic mass is 16.5. The molecule has 98 valence electrons. The predicted molar refractivity (Wildman–Crippen MR) is 72.4 cm³/mol. The van der Waals surface area contributed by atoms with Crippen LogP contribution in [0.3, 0.4) is 0 Å². The van der Waals surface area contributed by atoms with E-state index in [2.05, 4.69) is 18.2 Å². The molecule has 2 aromatic rings. The van der Waals surface area contributed by atoms with Crippen molar-refractivity contribution in [3.05, 3.63) is 59.7 Å². The molecule has 0 aliphatic carbocycles. The van der Waals surface area contributed by atoms with E-state index < -0.39 is 0 Å². The lowest BCUT2D eigenvalue weighted by Gasteiger charge is -2.26. The molecular formula is C16H16O3. The van der Waals surface area contributed by atoms with E-state index in [1.165, 1.54) is 11.1 Å². The van der Waals surface area contributed by atoms with Gasteiger partial charge in [-0.2, -0.15) is 0 Å². The molecule has 0 fully saturated rings. The molecule has 3 rings (SSSR count). The van der Waals surface area contributed by atoms with Gasteiger partial charge in [-0.25, -0.2) is 0 Å². The monoisotopic (exact) mass is 256 g/mol. The van der Waals surface area contributed by atoms with Crippen LogP contribution >= 0.6 is 0 Å². The summed E-state index contributed by atoms with van der Waals surface area (Å²) in [6.07, 6.45) is 0.922. The summed E-state index contributed by atoms with van der Waals surface area (Å²) in [5.41, 5.74) is 2.53. The van der Waals surface area contributed by atoms with Gasteiger partial charge in [0.1, 0.15) is 24.2 Å². The Hall–Kier alpha value is -2.00. The van der Waals surface area contributed by atoms with Gasteiger partial charge in [0.25, 0.3) is 0 Å². The zero-order valence-electron chi connectivity index (χ0n) is 10.6. The highest BCUT2D eigenvalue weighted by Crippen LogP contribution is 2.28. The van der Waals surface area contributed by atoms with Crippen molar-refractivity contribution >= 4 is 0 Å². The van der Waals surface area contributed by atoms with Crippen LogP contribution in [0.5, 0.6) is 11.5 Å². The minimum atomic E-state index is -0.0349. The maximum Gasteiger partial charge on any atom is 0.123 e. The average molecular weight is 256 g/mol. The SMILES string of the molecule is Oc1cccc(OCC2OCCc3ccccc32)c1. The van der Waals surface area contributed by atoms with Gasteiger partial charge in [0.05, 0.1) is 6.61 Å². The summed E-state index contributed by atoms with van der Waals surface area (Å²) >= 11 is 0. The Labute approximate surface area is 112 Å². The van der Waals surface area contributed by atoms with Crippen molar-refractivity contribution in [3.63, 3.8) is 0 Å². The molecule has 1 aliphatic heterocycles. The molecule has 0 aromatic heterocycles. The van der Waals surface area contributed by atoms with Crippen LogP contribution in [-0.2, 0) is 11.2 Å². The first-order chi connectivity index (χ1) is 9.33. The van der Waals surface area contributed by atoms with Crippen LogP contribution < -0.4 is 4.74 Å². The minimum absolute atomic E-state index is 0.0349. The number of ether oxygens (including phenoxy) is 2. The van der Waals surface area contributed by atoms with Crippen LogP contribution in [0, 0.1) is 0 Å². The molecule has 0 saturated heterocycles. The second kappa shape index (κ2) is 5.33. The van der Waals surface area contributed by atoms with E-state index in [9.17, 15) is 5.11 Å². The van der Waals surface area contributed by atoms with Crippen molar-refractivity contribution in [3.8, 4) is 11.5 Å². The first-order valence-corrected chi connectivity index (χ1v) is 6.44. The number of benzene rings is 2. The fourth-order valence-corrected chi connectivity index (χ4v) is 2.36. The minimum Gasteiger partial charge on any atom is -0.508 e. The van der Waals surface area contributed by atoms with E-state index in [-0.39, 0.29) is 11.9 Å². The van der Waals surface area contributed by atoms with Gasteiger partial charge in [0.15, 0.2) is 0 Å². The molecular weight excluding hydrogens is 240 g/mol. The van der Waals surface area contributed by atoms with Gasteiger partial charge < -0.3 is 14.6 Å².